The zero-order valence-electron chi connectivity index (χ0n) is 11.7. The topological polar surface area (TPSA) is 72.2 Å². The number of nitrogens with two attached hydrogens (primary N) is 1. The van der Waals surface area contributed by atoms with E-state index in [0.29, 0.717) is 12.5 Å². The summed E-state index contributed by atoms with van der Waals surface area (Å²) in [6, 6.07) is 3.48. The van der Waals surface area contributed by atoms with Crippen LogP contribution in [0.2, 0.25) is 0 Å². The van der Waals surface area contributed by atoms with Crippen molar-refractivity contribution in [2.45, 2.75) is 30.6 Å². The van der Waals surface area contributed by atoms with Crippen molar-refractivity contribution in [3.05, 3.63) is 29.6 Å². The lowest BCUT2D eigenvalue weighted by molar-refractivity contribution is 0.519. The summed E-state index contributed by atoms with van der Waals surface area (Å²) in [6.07, 6.45) is 4.39. The molecule has 114 valence electrons. The first kappa shape index (κ1) is 16.0. The van der Waals surface area contributed by atoms with Gasteiger partial charge in [0.15, 0.2) is 0 Å². The molecule has 4 nitrogen and oxygen atoms in total. The van der Waals surface area contributed by atoms with Crippen LogP contribution in [0.4, 0.5) is 4.39 Å². The van der Waals surface area contributed by atoms with Crippen LogP contribution in [0.1, 0.15) is 31.2 Å². The van der Waals surface area contributed by atoms with E-state index in [4.69, 9.17) is 5.73 Å². The van der Waals surface area contributed by atoms with Gasteiger partial charge in [0.2, 0.25) is 10.0 Å². The Morgan fingerprint density at radius 2 is 2.05 bits per heavy atom. The summed E-state index contributed by atoms with van der Waals surface area (Å²) in [5, 5.41) is 0. The van der Waals surface area contributed by atoms with E-state index < -0.39 is 15.8 Å². The molecule has 0 saturated heterocycles. The van der Waals surface area contributed by atoms with Crippen molar-refractivity contribution >= 4 is 10.0 Å². The first-order chi connectivity index (χ1) is 10.0. The minimum Gasteiger partial charge on any atom is -0.320 e. The second-order valence-corrected chi connectivity index (χ2v) is 6.88. The van der Waals surface area contributed by atoms with Gasteiger partial charge in [0.05, 0.1) is 11.4 Å². The Labute approximate surface area is 125 Å². The summed E-state index contributed by atoms with van der Waals surface area (Å²) in [4.78, 5) is 0.00264. The Morgan fingerprint density at radius 1 is 1.33 bits per heavy atom. The third kappa shape index (κ3) is 4.27. The van der Waals surface area contributed by atoms with Crippen LogP contribution in [-0.2, 0) is 10.0 Å². The van der Waals surface area contributed by atoms with Gasteiger partial charge in [-0.2, -0.15) is 0 Å². The molecule has 2 rings (SSSR count). The third-order valence-corrected chi connectivity index (χ3v) is 5.07. The first-order valence-corrected chi connectivity index (χ1v) is 8.49. The number of rotatable bonds is 4. The van der Waals surface area contributed by atoms with Gasteiger partial charge >= 0.3 is 0 Å². The average Bonchev–Trinajstić information content (AvgIpc) is 2.96. The number of sulfonamides is 1. The second-order valence-electron chi connectivity index (χ2n) is 5.15. The maximum Gasteiger partial charge on any atom is 0.241 e. The second kappa shape index (κ2) is 7.03. The SMILES string of the molecule is NCC#Cc1cc(F)ccc1S(=O)(=O)NCC1CCCC1. The van der Waals surface area contributed by atoms with E-state index in [1.807, 2.05) is 0 Å². The molecule has 1 aromatic carbocycles. The van der Waals surface area contributed by atoms with Gasteiger partial charge in [-0.3, -0.25) is 0 Å². The predicted octanol–water partition coefficient (Wildman–Crippen LogP) is 1.60. The van der Waals surface area contributed by atoms with Gasteiger partial charge < -0.3 is 5.73 Å². The molecule has 0 amide bonds. The fourth-order valence-corrected chi connectivity index (χ4v) is 3.76. The average molecular weight is 310 g/mol. The smallest absolute Gasteiger partial charge is 0.241 e. The Kier molecular flexibility index (Phi) is 5.34. The highest BCUT2D eigenvalue weighted by Gasteiger charge is 2.21. The van der Waals surface area contributed by atoms with Crippen LogP contribution in [0.3, 0.4) is 0 Å². The molecule has 0 heterocycles. The molecule has 1 fully saturated rings. The zero-order chi connectivity index (χ0) is 15.3. The van der Waals surface area contributed by atoms with Crippen molar-refractivity contribution in [3.8, 4) is 11.8 Å². The van der Waals surface area contributed by atoms with E-state index in [9.17, 15) is 12.8 Å². The Morgan fingerprint density at radius 3 is 2.71 bits per heavy atom. The van der Waals surface area contributed by atoms with Gasteiger partial charge in [-0.25, -0.2) is 17.5 Å². The van der Waals surface area contributed by atoms with Crippen molar-refractivity contribution < 1.29 is 12.8 Å². The zero-order valence-corrected chi connectivity index (χ0v) is 12.5. The molecule has 0 unspecified atom stereocenters. The lowest BCUT2D eigenvalue weighted by atomic mass is 10.1. The van der Waals surface area contributed by atoms with Crippen molar-refractivity contribution in [1.82, 2.24) is 4.72 Å². The van der Waals surface area contributed by atoms with Crippen LogP contribution in [-0.4, -0.2) is 21.5 Å². The molecule has 1 aliphatic rings. The molecule has 0 aliphatic heterocycles. The van der Waals surface area contributed by atoms with Gasteiger partial charge in [-0.15, -0.1) is 0 Å². The Balaban J connectivity index is 2.21. The van der Waals surface area contributed by atoms with Crippen LogP contribution >= 0.6 is 0 Å². The molecule has 0 spiro atoms. The largest absolute Gasteiger partial charge is 0.320 e. The molecule has 3 N–H and O–H groups in total. The molecular weight excluding hydrogens is 291 g/mol. The maximum absolute atomic E-state index is 13.3. The van der Waals surface area contributed by atoms with Gasteiger partial charge in [-0.05, 0) is 37.0 Å². The highest BCUT2D eigenvalue weighted by Crippen LogP contribution is 2.24. The van der Waals surface area contributed by atoms with E-state index in [1.54, 1.807) is 0 Å². The lowest BCUT2D eigenvalue weighted by Crippen LogP contribution is -2.29. The van der Waals surface area contributed by atoms with Gasteiger partial charge in [-0.1, -0.05) is 24.7 Å². The summed E-state index contributed by atoms with van der Waals surface area (Å²) < 4.78 is 40.6. The third-order valence-electron chi connectivity index (χ3n) is 3.59. The molecule has 1 saturated carbocycles. The number of hydrogen-bond acceptors (Lipinski definition) is 3. The molecule has 0 radical (unpaired) electrons. The lowest BCUT2D eigenvalue weighted by Gasteiger charge is -2.12. The molecule has 1 aromatic rings. The molecule has 6 heteroatoms. The van der Waals surface area contributed by atoms with Crippen molar-refractivity contribution in [1.29, 1.82) is 0 Å². The van der Waals surface area contributed by atoms with E-state index in [2.05, 4.69) is 16.6 Å². The molecule has 0 bridgehead atoms. The minimum absolute atomic E-state index is 0.00264. The maximum atomic E-state index is 13.3. The fraction of sp³-hybridized carbons (Fsp3) is 0.467. The highest BCUT2D eigenvalue weighted by atomic mass is 32.2. The summed E-state index contributed by atoms with van der Waals surface area (Å²) in [5.74, 6) is 5.04. The molecule has 21 heavy (non-hydrogen) atoms. The van der Waals surface area contributed by atoms with Crippen LogP contribution in [0.15, 0.2) is 23.1 Å². The number of hydrogen-bond donors (Lipinski definition) is 2. The first-order valence-electron chi connectivity index (χ1n) is 7.01. The molecule has 0 atom stereocenters. The fourth-order valence-electron chi connectivity index (χ4n) is 2.50. The van der Waals surface area contributed by atoms with E-state index in [-0.39, 0.29) is 17.0 Å². The van der Waals surface area contributed by atoms with Crippen molar-refractivity contribution in [2.24, 2.45) is 11.7 Å². The Bertz CT molecular complexity index is 656. The Hall–Kier alpha value is -1.42. The van der Waals surface area contributed by atoms with E-state index in [1.165, 1.54) is 6.07 Å². The van der Waals surface area contributed by atoms with Gasteiger partial charge in [0.25, 0.3) is 0 Å². The molecule has 1 aliphatic carbocycles. The van der Waals surface area contributed by atoms with Crippen LogP contribution < -0.4 is 10.5 Å². The number of nitrogens with one attached hydrogen (secondary N) is 1. The normalized spacial score (nSPS) is 15.7. The standard InChI is InChI=1S/C15H19FN2O2S/c16-14-7-8-15(13(10-14)6-3-9-17)21(19,20)18-11-12-4-1-2-5-12/h7-8,10,12,18H,1-2,4-5,9,11,17H2. The summed E-state index contributed by atoms with van der Waals surface area (Å²) in [7, 11) is -3.69. The summed E-state index contributed by atoms with van der Waals surface area (Å²) in [6.45, 7) is 0.509. The van der Waals surface area contributed by atoms with Crippen LogP contribution in [0.5, 0.6) is 0 Å². The van der Waals surface area contributed by atoms with Crippen molar-refractivity contribution in [2.75, 3.05) is 13.1 Å². The number of benzene rings is 1. The summed E-state index contributed by atoms with van der Waals surface area (Å²) >= 11 is 0. The van der Waals surface area contributed by atoms with Gasteiger partial charge in [0.1, 0.15) is 5.82 Å². The van der Waals surface area contributed by atoms with Crippen LogP contribution in [0.25, 0.3) is 0 Å². The monoisotopic (exact) mass is 310 g/mol. The summed E-state index contributed by atoms with van der Waals surface area (Å²) in [5.41, 5.74) is 5.42. The molecule has 0 aromatic heterocycles. The number of halogens is 1. The predicted molar refractivity (Wildman–Crippen MR) is 79.5 cm³/mol. The van der Waals surface area contributed by atoms with Crippen LogP contribution in [0, 0.1) is 23.6 Å². The minimum atomic E-state index is -3.69. The van der Waals surface area contributed by atoms with Gasteiger partial charge in [0, 0.05) is 12.1 Å². The quantitative estimate of drug-likeness (QED) is 0.830. The van der Waals surface area contributed by atoms with Crippen molar-refractivity contribution in [3.63, 3.8) is 0 Å². The molecular formula is C15H19FN2O2S. The van der Waals surface area contributed by atoms with E-state index >= 15 is 0 Å². The highest BCUT2D eigenvalue weighted by molar-refractivity contribution is 7.89. The van der Waals surface area contributed by atoms with E-state index in [0.717, 1.165) is 37.8 Å².